The Morgan fingerprint density at radius 1 is 1.18 bits per heavy atom. The van der Waals surface area contributed by atoms with Gasteiger partial charge in [-0.25, -0.2) is 0 Å². The first-order valence-electron chi connectivity index (χ1n) is 4.04. The molecule has 0 spiro atoms. The van der Waals surface area contributed by atoms with Gasteiger partial charge in [-0.1, -0.05) is 6.42 Å². The van der Waals surface area contributed by atoms with E-state index in [-0.39, 0.29) is 12.1 Å². The number of hydrogen-bond donors (Lipinski definition) is 2. The van der Waals surface area contributed by atoms with Gasteiger partial charge in [0.15, 0.2) is 0 Å². The van der Waals surface area contributed by atoms with Gasteiger partial charge in [-0.2, -0.15) is 0 Å². The molecule has 4 heteroatoms. The average molecular weight is 157 g/mol. The van der Waals surface area contributed by atoms with Crippen LogP contribution in [0.4, 0.5) is 0 Å². The molecule has 1 aliphatic carbocycles. The van der Waals surface area contributed by atoms with Crippen molar-refractivity contribution in [2.24, 2.45) is 16.6 Å². The van der Waals surface area contributed by atoms with Gasteiger partial charge in [-0.3, -0.25) is 0 Å². The molecule has 11 heavy (non-hydrogen) atoms. The van der Waals surface area contributed by atoms with Crippen LogP contribution in [0.1, 0.15) is 32.1 Å². The summed E-state index contributed by atoms with van der Waals surface area (Å²) < 4.78 is 0. The van der Waals surface area contributed by atoms with E-state index in [9.17, 15) is 0 Å². The minimum atomic E-state index is 0.00979. The topological polar surface area (TPSA) is 73.6 Å². The molecule has 0 aromatic heterocycles. The van der Waals surface area contributed by atoms with E-state index in [4.69, 9.17) is 16.3 Å². The largest absolute Gasteiger partial charge is 0.390 e. The van der Waals surface area contributed by atoms with Crippen molar-refractivity contribution in [2.75, 3.05) is 0 Å². The fraction of sp³-hybridized carbons (Fsp3) is 0.857. The van der Waals surface area contributed by atoms with Crippen LogP contribution in [0.2, 0.25) is 0 Å². The van der Waals surface area contributed by atoms with Crippen LogP contribution in [-0.4, -0.2) is 12.1 Å². The lowest BCUT2D eigenvalue weighted by atomic mass is 9.98. The molecular weight excluding hydrogens is 142 g/mol. The summed E-state index contributed by atoms with van der Waals surface area (Å²) >= 11 is 0. The Morgan fingerprint density at radius 2 is 1.82 bits per heavy atom. The summed E-state index contributed by atoms with van der Waals surface area (Å²) in [4.78, 5) is 5.08. The summed E-state index contributed by atoms with van der Waals surface area (Å²) in [6, 6.07) is 0. The van der Waals surface area contributed by atoms with Crippen molar-refractivity contribution >= 4 is 5.96 Å². The van der Waals surface area contributed by atoms with Gasteiger partial charge in [0.25, 0.3) is 0 Å². The Balaban J connectivity index is 2.19. The van der Waals surface area contributed by atoms with Crippen LogP contribution < -0.4 is 11.5 Å². The number of rotatable bonds is 2. The van der Waals surface area contributed by atoms with Gasteiger partial charge in [0.05, 0.1) is 0 Å². The molecular formula is C7H15N3O. The molecule has 1 fully saturated rings. The zero-order valence-corrected chi connectivity index (χ0v) is 6.62. The molecule has 0 unspecified atom stereocenters. The highest BCUT2D eigenvalue weighted by Crippen LogP contribution is 2.20. The maximum absolute atomic E-state index is 5.11. The lowest BCUT2D eigenvalue weighted by molar-refractivity contribution is 0.0325. The predicted octanol–water partition coefficient (Wildman–Crippen LogP) is 0.524. The third-order valence-electron chi connectivity index (χ3n) is 1.86. The van der Waals surface area contributed by atoms with E-state index < -0.39 is 0 Å². The molecule has 0 atom stereocenters. The van der Waals surface area contributed by atoms with Crippen LogP contribution in [0.3, 0.4) is 0 Å². The molecule has 0 radical (unpaired) electrons. The van der Waals surface area contributed by atoms with Crippen LogP contribution in [0.25, 0.3) is 0 Å². The second-order valence-electron chi connectivity index (χ2n) is 2.88. The first kappa shape index (κ1) is 8.17. The number of guanidine groups is 1. The summed E-state index contributed by atoms with van der Waals surface area (Å²) in [6.07, 6.45) is 6.16. The Labute approximate surface area is 66.6 Å². The second-order valence-corrected chi connectivity index (χ2v) is 2.88. The fourth-order valence-electron chi connectivity index (χ4n) is 1.31. The molecule has 0 aromatic rings. The van der Waals surface area contributed by atoms with Crippen molar-refractivity contribution in [3.8, 4) is 0 Å². The Bertz CT molecular complexity index is 137. The van der Waals surface area contributed by atoms with Gasteiger partial charge in [0, 0.05) is 0 Å². The quantitative estimate of drug-likeness (QED) is 0.349. The monoisotopic (exact) mass is 157 g/mol. The third kappa shape index (κ3) is 3.11. The Hall–Kier alpha value is -0.930. The van der Waals surface area contributed by atoms with Crippen molar-refractivity contribution in [1.29, 1.82) is 0 Å². The third-order valence-corrected chi connectivity index (χ3v) is 1.86. The second kappa shape index (κ2) is 4.05. The van der Waals surface area contributed by atoms with E-state index in [1.807, 2.05) is 0 Å². The molecule has 1 rings (SSSR count). The molecule has 0 heterocycles. The lowest BCUT2D eigenvalue weighted by Gasteiger charge is -2.18. The van der Waals surface area contributed by atoms with Gasteiger partial charge in [-0.15, -0.1) is 0 Å². The van der Waals surface area contributed by atoms with E-state index >= 15 is 0 Å². The number of oxime groups is 1. The van der Waals surface area contributed by atoms with Crippen molar-refractivity contribution in [3.05, 3.63) is 0 Å². The molecule has 64 valence electrons. The van der Waals surface area contributed by atoms with Gasteiger partial charge in [-0.05, 0) is 30.8 Å². The highest BCUT2D eigenvalue weighted by atomic mass is 16.6. The number of nitrogens with two attached hydrogens (primary N) is 2. The molecule has 1 saturated carbocycles. The molecule has 4 nitrogen and oxygen atoms in total. The molecule has 1 aliphatic rings. The maximum Gasteiger partial charge on any atom is 0.228 e. The number of nitrogens with zero attached hydrogens (tertiary/aromatic N) is 1. The molecule has 0 aliphatic heterocycles. The summed E-state index contributed by atoms with van der Waals surface area (Å²) in [5.74, 6) is 0.00979. The van der Waals surface area contributed by atoms with Crippen molar-refractivity contribution in [2.45, 2.75) is 38.2 Å². The van der Waals surface area contributed by atoms with Crippen LogP contribution >= 0.6 is 0 Å². The van der Waals surface area contributed by atoms with E-state index in [0.717, 1.165) is 12.8 Å². The molecule has 0 aromatic carbocycles. The first-order valence-corrected chi connectivity index (χ1v) is 4.04. The van der Waals surface area contributed by atoms with Gasteiger partial charge in [0.1, 0.15) is 6.10 Å². The smallest absolute Gasteiger partial charge is 0.228 e. The highest BCUT2D eigenvalue weighted by Gasteiger charge is 2.13. The van der Waals surface area contributed by atoms with Crippen molar-refractivity contribution in [3.63, 3.8) is 0 Å². The highest BCUT2D eigenvalue weighted by molar-refractivity contribution is 5.74. The predicted molar refractivity (Wildman–Crippen MR) is 43.8 cm³/mol. The first-order chi connectivity index (χ1) is 5.29. The summed E-state index contributed by atoms with van der Waals surface area (Å²) in [5.41, 5.74) is 10.2. The summed E-state index contributed by atoms with van der Waals surface area (Å²) in [7, 11) is 0. The van der Waals surface area contributed by atoms with Crippen LogP contribution in [-0.2, 0) is 4.84 Å². The maximum atomic E-state index is 5.11. The minimum Gasteiger partial charge on any atom is -0.390 e. The lowest BCUT2D eigenvalue weighted by Crippen LogP contribution is -2.24. The van der Waals surface area contributed by atoms with Crippen LogP contribution in [0.5, 0.6) is 0 Å². The van der Waals surface area contributed by atoms with E-state index in [2.05, 4.69) is 5.16 Å². The summed E-state index contributed by atoms with van der Waals surface area (Å²) in [6.45, 7) is 0. The Kier molecular flexibility index (Phi) is 3.01. The van der Waals surface area contributed by atoms with Crippen LogP contribution in [0, 0.1) is 0 Å². The Morgan fingerprint density at radius 3 is 2.36 bits per heavy atom. The van der Waals surface area contributed by atoms with E-state index in [1.54, 1.807) is 0 Å². The minimum absolute atomic E-state index is 0.00979. The average Bonchev–Trinajstić information content (AvgIpc) is 2.03. The molecule has 0 bridgehead atoms. The SMILES string of the molecule is NC(N)=NOC1CCCCC1. The van der Waals surface area contributed by atoms with E-state index in [0.29, 0.717) is 0 Å². The van der Waals surface area contributed by atoms with Gasteiger partial charge in [0.2, 0.25) is 5.96 Å². The van der Waals surface area contributed by atoms with Gasteiger partial charge < -0.3 is 16.3 Å². The zero-order valence-electron chi connectivity index (χ0n) is 6.62. The van der Waals surface area contributed by atoms with Crippen LogP contribution in [0.15, 0.2) is 5.16 Å². The summed E-state index contributed by atoms with van der Waals surface area (Å²) in [5, 5.41) is 3.52. The molecule has 0 saturated heterocycles. The molecule has 4 N–H and O–H groups in total. The zero-order chi connectivity index (χ0) is 8.10. The van der Waals surface area contributed by atoms with Crippen molar-refractivity contribution < 1.29 is 4.84 Å². The normalized spacial score (nSPS) is 19.3. The fourth-order valence-corrected chi connectivity index (χ4v) is 1.31. The van der Waals surface area contributed by atoms with E-state index in [1.165, 1.54) is 19.3 Å². The number of hydrogen-bond acceptors (Lipinski definition) is 2. The van der Waals surface area contributed by atoms with Gasteiger partial charge >= 0.3 is 0 Å². The van der Waals surface area contributed by atoms with Crippen molar-refractivity contribution in [1.82, 2.24) is 0 Å². The standard InChI is InChI=1S/C7H15N3O/c8-7(9)10-11-6-4-2-1-3-5-6/h6H,1-5H2,(H4,8,9,10). The molecule has 0 amide bonds.